The Morgan fingerprint density at radius 1 is 1.00 bits per heavy atom. The number of aromatic nitrogens is 1. The molecule has 0 amide bonds. The number of carboxylic acid groups (broad SMARTS) is 1. The Labute approximate surface area is 208 Å². The smallest absolute Gasteiger partial charge is 0.303 e. The summed E-state index contributed by atoms with van der Waals surface area (Å²) in [7, 11) is 1.50. The molecule has 0 aliphatic heterocycles. The number of hydrogen-bond donors (Lipinski definition) is 2. The Balaban J connectivity index is 1.71. The van der Waals surface area contributed by atoms with Crippen molar-refractivity contribution in [3.05, 3.63) is 95.2 Å². The van der Waals surface area contributed by atoms with E-state index >= 15 is 0 Å². The number of benzene rings is 3. The Morgan fingerprint density at radius 2 is 1.75 bits per heavy atom. The van der Waals surface area contributed by atoms with Gasteiger partial charge in [-0.3, -0.25) is 9.78 Å². The van der Waals surface area contributed by atoms with E-state index in [4.69, 9.17) is 14.8 Å². The third kappa shape index (κ3) is 5.86. The number of hydrogen-bond acceptors (Lipinski definition) is 4. The van der Waals surface area contributed by atoms with E-state index in [1.165, 1.54) is 31.4 Å². The number of aryl methyl sites for hydroxylation is 1. The van der Waals surface area contributed by atoms with E-state index in [1.807, 2.05) is 50.2 Å². The summed E-state index contributed by atoms with van der Waals surface area (Å²) in [4.78, 5) is 15.8. The van der Waals surface area contributed by atoms with Crippen LogP contribution >= 0.6 is 0 Å². The number of nitrogens with one attached hydrogen (secondary N) is 1. The molecule has 0 radical (unpaired) electrons. The molecule has 1 unspecified atom stereocenters. The summed E-state index contributed by atoms with van der Waals surface area (Å²) in [5, 5.41) is 13.4. The summed E-state index contributed by atoms with van der Waals surface area (Å²) in [6.45, 7) is 3.91. The first kappa shape index (κ1) is 25.3. The summed E-state index contributed by atoms with van der Waals surface area (Å²) in [5.74, 6) is -1.28. The fourth-order valence-corrected chi connectivity index (χ4v) is 4.37. The van der Waals surface area contributed by atoms with Gasteiger partial charge in [0.2, 0.25) is 0 Å². The quantitative estimate of drug-likeness (QED) is 0.276. The highest BCUT2D eigenvalue weighted by atomic mass is 19.1. The number of carbonyl (C=O) groups is 1. The highest BCUT2D eigenvalue weighted by Gasteiger charge is 2.17. The predicted octanol–water partition coefficient (Wildman–Crippen LogP) is 6.62. The number of para-hydroxylation sites is 1. The summed E-state index contributed by atoms with van der Waals surface area (Å²) < 4.78 is 33.8. The third-order valence-electron chi connectivity index (χ3n) is 6.21. The number of halogens is 2. The van der Waals surface area contributed by atoms with Gasteiger partial charge in [-0.25, -0.2) is 8.78 Å². The zero-order valence-corrected chi connectivity index (χ0v) is 20.4. The molecule has 36 heavy (non-hydrogen) atoms. The van der Waals surface area contributed by atoms with Gasteiger partial charge in [-0.05, 0) is 78.9 Å². The van der Waals surface area contributed by atoms with E-state index in [-0.39, 0.29) is 30.7 Å². The Morgan fingerprint density at radius 3 is 2.50 bits per heavy atom. The highest BCUT2D eigenvalue weighted by molar-refractivity contribution is 5.94. The molecule has 0 aliphatic carbocycles. The molecule has 0 saturated carbocycles. The summed E-state index contributed by atoms with van der Waals surface area (Å²) in [6, 6.07) is 18.4. The molecule has 1 aromatic heterocycles. The van der Waals surface area contributed by atoms with Gasteiger partial charge in [0.1, 0.15) is 17.4 Å². The van der Waals surface area contributed by atoms with Crippen LogP contribution in [0.4, 0.5) is 8.78 Å². The van der Waals surface area contributed by atoms with E-state index in [0.717, 1.165) is 27.7 Å². The van der Waals surface area contributed by atoms with Crippen molar-refractivity contribution in [2.45, 2.75) is 38.8 Å². The standard InChI is InChI=1S/C29H28F2N2O3/c1-17(20-12-23(31)15-24(14-20)36-3)32-18(2)28-16-26(25-6-4-5-7-27(25)33-28)21-10-19(8-9-29(34)35)11-22(30)13-21/h4-7,10-18,32H,8-9H2,1-3H3,(H,34,35)/t17-,18?/m1/s1. The second kappa shape index (κ2) is 10.8. The van der Waals surface area contributed by atoms with Crippen molar-refractivity contribution in [3.63, 3.8) is 0 Å². The van der Waals surface area contributed by atoms with Crippen molar-refractivity contribution in [1.29, 1.82) is 0 Å². The molecule has 1 heterocycles. The van der Waals surface area contributed by atoms with E-state index < -0.39 is 11.8 Å². The SMILES string of the molecule is COc1cc(F)cc([C@@H](C)NC(C)c2cc(-c3cc(F)cc(CCC(=O)O)c3)c3ccccc3n2)c1. The van der Waals surface area contributed by atoms with Crippen molar-refractivity contribution < 1.29 is 23.4 Å². The number of rotatable bonds is 9. The summed E-state index contributed by atoms with van der Waals surface area (Å²) >= 11 is 0. The lowest BCUT2D eigenvalue weighted by Crippen LogP contribution is -2.23. The van der Waals surface area contributed by atoms with Crippen molar-refractivity contribution in [2.24, 2.45) is 0 Å². The summed E-state index contributed by atoms with van der Waals surface area (Å²) in [5.41, 5.74) is 4.33. The van der Waals surface area contributed by atoms with Gasteiger partial charge in [0.25, 0.3) is 0 Å². The number of fused-ring (bicyclic) bond motifs is 1. The van der Waals surface area contributed by atoms with Crippen LogP contribution in [0, 0.1) is 11.6 Å². The maximum atomic E-state index is 14.5. The summed E-state index contributed by atoms with van der Waals surface area (Å²) in [6.07, 6.45) is 0.164. The average Bonchev–Trinajstić information content (AvgIpc) is 2.86. The molecule has 186 valence electrons. The van der Waals surface area contributed by atoms with Crippen LogP contribution in [0.2, 0.25) is 0 Å². The van der Waals surface area contributed by atoms with Gasteiger partial charge in [0.15, 0.2) is 0 Å². The van der Waals surface area contributed by atoms with Crippen molar-refractivity contribution in [2.75, 3.05) is 7.11 Å². The van der Waals surface area contributed by atoms with Gasteiger partial charge in [-0.2, -0.15) is 0 Å². The maximum Gasteiger partial charge on any atom is 0.303 e. The first-order valence-corrected chi connectivity index (χ1v) is 11.8. The van der Waals surface area contributed by atoms with E-state index in [1.54, 1.807) is 6.07 Å². The van der Waals surface area contributed by atoms with Gasteiger partial charge in [-0.1, -0.05) is 24.3 Å². The fraction of sp³-hybridized carbons (Fsp3) is 0.241. The molecule has 3 aromatic carbocycles. The number of pyridine rings is 1. The number of aliphatic carboxylic acids is 1. The molecular formula is C29H28F2N2O3. The molecule has 7 heteroatoms. The van der Waals surface area contributed by atoms with Crippen molar-refractivity contribution >= 4 is 16.9 Å². The molecule has 2 N–H and O–H groups in total. The number of ether oxygens (including phenoxy) is 1. The Bertz CT molecular complexity index is 1410. The van der Waals surface area contributed by atoms with Gasteiger partial charge < -0.3 is 15.2 Å². The highest BCUT2D eigenvalue weighted by Crippen LogP contribution is 2.32. The van der Waals surface area contributed by atoms with Crippen LogP contribution in [0.25, 0.3) is 22.0 Å². The second-order valence-corrected chi connectivity index (χ2v) is 8.89. The third-order valence-corrected chi connectivity index (χ3v) is 6.21. The molecule has 0 bridgehead atoms. The fourth-order valence-electron chi connectivity index (χ4n) is 4.37. The van der Waals surface area contributed by atoms with Crippen molar-refractivity contribution in [1.82, 2.24) is 10.3 Å². The minimum Gasteiger partial charge on any atom is -0.497 e. The Kier molecular flexibility index (Phi) is 7.60. The predicted molar refractivity (Wildman–Crippen MR) is 136 cm³/mol. The van der Waals surface area contributed by atoms with Crippen LogP contribution in [0.5, 0.6) is 5.75 Å². The largest absolute Gasteiger partial charge is 0.497 e. The van der Waals surface area contributed by atoms with E-state index in [0.29, 0.717) is 16.9 Å². The molecule has 4 aromatic rings. The minimum absolute atomic E-state index is 0.0745. The van der Waals surface area contributed by atoms with Crippen LogP contribution in [0.15, 0.2) is 66.7 Å². The molecular weight excluding hydrogens is 462 g/mol. The van der Waals surface area contributed by atoms with E-state index in [9.17, 15) is 13.6 Å². The maximum absolute atomic E-state index is 14.5. The minimum atomic E-state index is -0.928. The molecule has 0 spiro atoms. The van der Waals surface area contributed by atoms with E-state index in [2.05, 4.69) is 5.32 Å². The van der Waals surface area contributed by atoms with Crippen LogP contribution in [-0.4, -0.2) is 23.2 Å². The number of nitrogens with zero attached hydrogens (tertiary/aromatic N) is 1. The number of methoxy groups -OCH3 is 1. The molecule has 2 atom stereocenters. The van der Waals surface area contributed by atoms with Gasteiger partial charge in [0.05, 0.1) is 18.3 Å². The van der Waals surface area contributed by atoms with Crippen molar-refractivity contribution in [3.8, 4) is 16.9 Å². The molecule has 0 aliphatic rings. The van der Waals surface area contributed by atoms with Crippen LogP contribution in [0.3, 0.4) is 0 Å². The lowest BCUT2D eigenvalue weighted by Gasteiger charge is -2.22. The van der Waals surface area contributed by atoms with Gasteiger partial charge in [0, 0.05) is 30.0 Å². The Hall–Kier alpha value is -3.84. The van der Waals surface area contributed by atoms with Crippen LogP contribution in [0.1, 0.15) is 49.2 Å². The lowest BCUT2D eigenvalue weighted by molar-refractivity contribution is -0.136. The average molecular weight is 491 g/mol. The first-order valence-electron chi connectivity index (χ1n) is 11.8. The number of carboxylic acids is 1. The first-order chi connectivity index (χ1) is 17.2. The molecule has 0 fully saturated rings. The van der Waals surface area contributed by atoms with Gasteiger partial charge in [-0.15, -0.1) is 0 Å². The van der Waals surface area contributed by atoms with Gasteiger partial charge >= 0.3 is 5.97 Å². The normalized spacial score (nSPS) is 12.9. The lowest BCUT2D eigenvalue weighted by atomic mass is 9.96. The molecule has 5 nitrogen and oxygen atoms in total. The zero-order valence-electron chi connectivity index (χ0n) is 20.4. The molecule has 0 saturated heterocycles. The van der Waals surface area contributed by atoms with Crippen LogP contribution < -0.4 is 10.1 Å². The topological polar surface area (TPSA) is 71.5 Å². The molecule has 4 rings (SSSR count). The van der Waals surface area contributed by atoms with Crippen LogP contribution in [-0.2, 0) is 11.2 Å². The zero-order chi connectivity index (χ0) is 25.8. The second-order valence-electron chi connectivity index (χ2n) is 8.89. The monoisotopic (exact) mass is 490 g/mol.